The molecule has 0 saturated carbocycles. The Kier molecular flexibility index (Phi) is 4.29. The Morgan fingerprint density at radius 2 is 2.30 bits per heavy atom. The first-order chi connectivity index (χ1) is 9.74. The number of halogens is 1. The second kappa shape index (κ2) is 6.17. The van der Waals surface area contributed by atoms with Crippen LogP contribution < -0.4 is 4.74 Å². The molecule has 20 heavy (non-hydrogen) atoms. The lowest BCUT2D eigenvalue weighted by Crippen LogP contribution is -2.38. The van der Waals surface area contributed by atoms with Gasteiger partial charge in [-0.05, 0) is 55.2 Å². The van der Waals surface area contributed by atoms with E-state index in [4.69, 9.17) is 16.3 Å². The number of fused-ring (bicyclic) bond motifs is 1. The van der Waals surface area contributed by atoms with Crippen LogP contribution >= 0.6 is 11.6 Å². The van der Waals surface area contributed by atoms with Crippen molar-refractivity contribution in [3.63, 3.8) is 0 Å². The number of ether oxygens (including phenoxy) is 1. The van der Waals surface area contributed by atoms with Crippen molar-refractivity contribution in [2.24, 2.45) is 5.92 Å². The van der Waals surface area contributed by atoms with Crippen LogP contribution in [0, 0.1) is 5.92 Å². The van der Waals surface area contributed by atoms with Crippen molar-refractivity contribution in [1.82, 2.24) is 4.90 Å². The summed E-state index contributed by atoms with van der Waals surface area (Å²) in [7, 11) is 0. The van der Waals surface area contributed by atoms with E-state index in [1.807, 2.05) is 18.2 Å². The Hall–Kier alpha value is -1.03. The Labute approximate surface area is 124 Å². The standard InChI is InChI=1S/C16H20ClNO2/c17-15-3-4-16-14(7-15)6-13(11-20-16)9-18-5-1-2-12(8-18)10-19/h3-4,6-7,12,19H,1-2,5,8-11H2. The molecule has 1 saturated heterocycles. The second-order valence-electron chi connectivity index (χ2n) is 5.70. The molecule has 1 fully saturated rings. The summed E-state index contributed by atoms with van der Waals surface area (Å²) >= 11 is 6.03. The highest BCUT2D eigenvalue weighted by atomic mass is 35.5. The zero-order chi connectivity index (χ0) is 13.9. The van der Waals surface area contributed by atoms with E-state index in [0.717, 1.165) is 42.4 Å². The Morgan fingerprint density at radius 3 is 3.15 bits per heavy atom. The van der Waals surface area contributed by atoms with Gasteiger partial charge in [-0.25, -0.2) is 0 Å². The predicted molar refractivity (Wildman–Crippen MR) is 81.2 cm³/mol. The van der Waals surface area contributed by atoms with Gasteiger partial charge >= 0.3 is 0 Å². The van der Waals surface area contributed by atoms with Gasteiger partial charge in [-0.15, -0.1) is 0 Å². The molecular formula is C16H20ClNO2. The molecule has 3 nitrogen and oxygen atoms in total. The highest BCUT2D eigenvalue weighted by Crippen LogP contribution is 2.29. The average molecular weight is 294 g/mol. The van der Waals surface area contributed by atoms with Gasteiger partial charge in [0.15, 0.2) is 0 Å². The van der Waals surface area contributed by atoms with Gasteiger partial charge in [0, 0.05) is 30.3 Å². The molecule has 1 unspecified atom stereocenters. The monoisotopic (exact) mass is 293 g/mol. The van der Waals surface area contributed by atoms with E-state index < -0.39 is 0 Å². The number of benzene rings is 1. The first-order valence-corrected chi connectivity index (χ1v) is 7.57. The summed E-state index contributed by atoms with van der Waals surface area (Å²) < 4.78 is 5.78. The SMILES string of the molecule is OCC1CCCN(CC2=Cc3cc(Cl)ccc3OC2)C1. The summed E-state index contributed by atoms with van der Waals surface area (Å²) in [5.74, 6) is 1.33. The maximum Gasteiger partial charge on any atom is 0.127 e. The Bertz CT molecular complexity index is 515. The van der Waals surface area contributed by atoms with E-state index in [-0.39, 0.29) is 0 Å². The lowest BCUT2D eigenvalue weighted by atomic mass is 9.98. The van der Waals surface area contributed by atoms with E-state index in [1.54, 1.807) is 0 Å². The molecule has 2 aliphatic rings. The van der Waals surface area contributed by atoms with Crippen molar-refractivity contribution in [2.45, 2.75) is 12.8 Å². The van der Waals surface area contributed by atoms with Crippen LogP contribution in [0.5, 0.6) is 5.75 Å². The summed E-state index contributed by atoms with van der Waals surface area (Å²) in [4.78, 5) is 2.41. The lowest BCUT2D eigenvalue weighted by molar-refractivity contribution is 0.125. The molecule has 0 aliphatic carbocycles. The molecule has 1 aromatic carbocycles. The van der Waals surface area contributed by atoms with Gasteiger partial charge in [-0.3, -0.25) is 4.90 Å². The van der Waals surface area contributed by atoms with Crippen molar-refractivity contribution in [3.8, 4) is 5.75 Å². The molecule has 0 amide bonds. The van der Waals surface area contributed by atoms with E-state index in [0.29, 0.717) is 19.1 Å². The van der Waals surface area contributed by atoms with E-state index in [9.17, 15) is 5.11 Å². The summed E-state index contributed by atoms with van der Waals surface area (Å²) in [6.07, 6.45) is 4.50. The number of hydrogen-bond acceptors (Lipinski definition) is 3. The summed E-state index contributed by atoms with van der Waals surface area (Å²) in [6, 6.07) is 5.73. The van der Waals surface area contributed by atoms with Gasteiger partial charge in [0.2, 0.25) is 0 Å². The molecule has 4 heteroatoms. The maximum atomic E-state index is 9.29. The van der Waals surface area contributed by atoms with Crippen LogP contribution in [0.25, 0.3) is 6.08 Å². The average Bonchev–Trinajstić information content (AvgIpc) is 2.47. The van der Waals surface area contributed by atoms with Gasteiger partial charge in [-0.2, -0.15) is 0 Å². The lowest BCUT2D eigenvalue weighted by Gasteiger charge is -2.33. The number of rotatable bonds is 3. The third-order valence-corrected chi connectivity index (χ3v) is 4.27. The second-order valence-corrected chi connectivity index (χ2v) is 6.14. The van der Waals surface area contributed by atoms with Gasteiger partial charge in [0.1, 0.15) is 12.4 Å². The fourth-order valence-electron chi connectivity index (χ4n) is 3.02. The topological polar surface area (TPSA) is 32.7 Å². The van der Waals surface area contributed by atoms with E-state index in [2.05, 4.69) is 11.0 Å². The zero-order valence-electron chi connectivity index (χ0n) is 11.5. The minimum Gasteiger partial charge on any atom is -0.489 e. The van der Waals surface area contributed by atoms with Crippen molar-refractivity contribution in [3.05, 3.63) is 34.4 Å². The van der Waals surface area contributed by atoms with Crippen molar-refractivity contribution >= 4 is 17.7 Å². The summed E-state index contributed by atoms with van der Waals surface area (Å²) in [5.41, 5.74) is 2.34. The molecule has 1 atom stereocenters. The quantitative estimate of drug-likeness (QED) is 0.930. The zero-order valence-corrected chi connectivity index (χ0v) is 12.3. The number of hydrogen-bond donors (Lipinski definition) is 1. The van der Waals surface area contributed by atoms with Crippen molar-refractivity contribution < 1.29 is 9.84 Å². The van der Waals surface area contributed by atoms with Crippen molar-refractivity contribution in [1.29, 1.82) is 0 Å². The normalized spacial score (nSPS) is 22.9. The predicted octanol–water partition coefficient (Wildman–Crippen LogP) is 2.82. The number of likely N-dealkylation sites (tertiary alicyclic amines) is 1. The Balaban J connectivity index is 1.69. The summed E-state index contributed by atoms with van der Waals surface area (Å²) in [6.45, 7) is 3.95. The Morgan fingerprint density at radius 1 is 1.40 bits per heavy atom. The highest BCUT2D eigenvalue weighted by molar-refractivity contribution is 6.30. The van der Waals surface area contributed by atoms with Crippen LogP contribution in [0.3, 0.4) is 0 Å². The van der Waals surface area contributed by atoms with Gasteiger partial charge < -0.3 is 9.84 Å². The molecule has 0 radical (unpaired) electrons. The number of aliphatic hydroxyl groups excluding tert-OH is 1. The first kappa shape index (κ1) is 13.9. The molecular weight excluding hydrogens is 274 g/mol. The fourth-order valence-corrected chi connectivity index (χ4v) is 3.20. The molecule has 3 rings (SSSR count). The molecule has 0 spiro atoms. The number of nitrogens with zero attached hydrogens (tertiary/aromatic N) is 1. The first-order valence-electron chi connectivity index (χ1n) is 7.19. The van der Waals surface area contributed by atoms with Crippen molar-refractivity contribution in [2.75, 3.05) is 32.8 Å². The molecule has 1 N–H and O–H groups in total. The molecule has 0 aromatic heterocycles. The van der Waals surface area contributed by atoms with E-state index in [1.165, 1.54) is 12.0 Å². The van der Waals surface area contributed by atoms with Crippen LogP contribution in [0.15, 0.2) is 23.8 Å². The molecule has 108 valence electrons. The minimum atomic E-state index is 0.296. The third kappa shape index (κ3) is 3.17. The fraction of sp³-hybridized carbons (Fsp3) is 0.500. The summed E-state index contributed by atoms with van der Waals surface area (Å²) in [5, 5.41) is 10.0. The number of piperidine rings is 1. The van der Waals surface area contributed by atoms with E-state index >= 15 is 0 Å². The van der Waals surface area contributed by atoms with Gasteiger partial charge in [0.05, 0.1) is 0 Å². The maximum absolute atomic E-state index is 9.29. The minimum absolute atomic E-state index is 0.296. The molecule has 2 aliphatic heterocycles. The number of aliphatic hydroxyl groups is 1. The van der Waals surface area contributed by atoms with Crippen LogP contribution in [-0.2, 0) is 0 Å². The highest BCUT2D eigenvalue weighted by Gasteiger charge is 2.21. The van der Waals surface area contributed by atoms with Crippen LogP contribution in [0.4, 0.5) is 0 Å². The smallest absolute Gasteiger partial charge is 0.127 e. The van der Waals surface area contributed by atoms with Crippen LogP contribution in [-0.4, -0.2) is 42.9 Å². The largest absolute Gasteiger partial charge is 0.489 e. The molecule has 0 bridgehead atoms. The van der Waals surface area contributed by atoms with Crippen LogP contribution in [0.2, 0.25) is 5.02 Å². The molecule has 1 aromatic rings. The third-order valence-electron chi connectivity index (χ3n) is 4.03. The van der Waals surface area contributed by atoms with Gasteiger partial charge in [-0.1, -0.05) is 11.6 Å². The molecule has 2 heterocycles. The van der Waals surface area contributed by atoms with Crippen LogP contribution in [0.1, 0.15) is 18.4 Å². The van der Waals surface area contributed by atoms with Gasteiger partial charge in [0.25, 0.3) is 0 Å².